The molecule has 1 aromatic heterocycles. The molecule has 9 rings (SSSR count). The Kier molecular flexibility index (Phi) is 7.07. The summed E-state index contributed by atoms with van der Waals surface area (Å²) >= 11 is 0. The zero-order valence-corrected chi connectivity index (χ0v) is 25.9. The van der Waals surface area contributed by atoms with E-state index in [0.29, 0.717) is 23.9 Å². The van der Waals surface area contributed by atoms with Crippen LogP contribution in [0.25, 0.3) is 0 Å². The van der Waals surface area contributed by atoms with E-state index in [2.05, 4.69) is 15.6 Å². The predicted octanol–water partition coefficient (Wildman–Crippen LogP) is 3.87. The van der Waals surface area contributed by atoms with Gasteiger partial charge in [-0.2, -0.15) is 15.0 Å². The van der Waals surface area contributed by atoms with Gasteiger partial charge in [-0.05, 0) is 102 Å². The number of hydrogen-bond donors (Lipinski definition) is 2. The summed E-state index contributed by atoms with van der Waals surface area (Å²) < 4.78 is 43.1. The van der Waals surface area contributed by atoms with Gasteiger partial charge in [-0.15, -0.1) is 0 Å². The van der Waals surface area contributed by atoms with Gasteiger partial charge >= 0.3 is 6.01 Å². The lowest BCUT2D eigenvalue weighted by molar-refractivity contribution is -0.238. The van der Waals surface area contributed by atoms with Gasteiger partial charge in [-0.1, -0.05) is 0 Å². The average molecular weight is 602 g/mol. The summed E-state index contributed by atoms with van der Waals surface area (Å²) in [6, 6.07) is 0.238. The van der Waals surface area contributed by atoms with E-state index in [9.17, 15) is 0 Å². The first-order chi connectivity index (χ1) is 20.6. The molecule has 1 aromatic rings. The van der Waals surface area contributed by atoms with E-state index in [0.717, 1.165) is 43.7 Å². The van der Waals surface area contributed by atoms with Gasteiger partial charge in [0.1, 0.15) is 31.0 Å². The first-order valence-corrected chi connectivity index (χ1v) is 16.4. The Morgan fingerprint density at radius 3 is 2.14 bits per heavy atom. The fourth-order valence-electron chi connectivity index (χ4n) is 9.35. The molecule has 43 heavy (non-hydrogen) atoms. The number of aromatic nitrogens is 3. The Morgan fingerprint density at radius 2 is 1.44 bits per heavy atom. The number of nitrogens with one attached hydrogen (secondary N) is 2. The Labute approximate surface area is 253 Å². The smallest absolute Gasteiger partial charge is 0.323 e. The highest BCUT2D eigenvalue weighted by Crippen LogP contribution is 2.60. The van der Waals surface area contributed by atoms with E-state index in [4.69, 9.17) is 43.1 Å². The normalized spacial score (nSPS) is 43.4. The van der Waals surface area contributed by atoms with Crippen LogP contribution < -0.4 is 15.4 Å². The summed E-state index contributed by atoms with van der Waals surface area (Å²) in [5.41, 5.74) is 0.346. The van der Waals surface area contributed by atoms with Crippen molar-refractivity contribution < 1.29 is 33.2 Å². The largest absolute Gasteiger partial charge is 0.460 e. The van der Waals surface area contributed by atoms with Crippen LogP contribution in [0.1, 0.15) is 79.1 Å². The van der Waals surface area contributed by atoms with Gasteiger partial charge in [0.25, 0.3) is 0 Å². The lowest BCUT2D eigenvalue weighted by atomic mass is 9.49. The molecule has 8 fully saturated rings. The molecule has 5 heterocycles. The molecular formula is C31H47N5O7. The van der Waals surface area contributed by atoms with Crippen molar-refractivity contribution in [3.8, 4) is 6.01 Å². The minimum Gasteiger partial charge on any atom is -0.460 e. The van der Waals surface area contributed by atoms with Crippen LogP contribution in [0.5, 0.6) is 6.01 Å². The van der Waals surface area contributed by atoms with Crippen molar-refractivity contribution >= 4 is 11.9 Å². The third-order valence-electron chi connectivity index (χ3n) is 10.5. The van der Waals surface area contributed by atoms with Crippen LogP contribution in [0.2, 0.25) is 0 Å². The minimum absolute atomic E-state index is 0.158. The molecule has 1 unspecified atom stereocenters. The first kappa shape index (κ1) is 28.6. The van der Waals surface area contributed by atoms with E-state index in [1.54, 1.807) is 0 Å². The fourth-order valence-corrected chi connectivity index (χ4v) is 9.35. The fraction of sp³-hybridized carbons (Fsp3) is 0.903. The third kappa shape index (κ3) is 5.83. The Bertz CT molecular complexity index is 1160. The number of rotatable bonds is 9. The van der Waals surface area contributed by atoms with E-state index >= 15 is 0 Å². The molecular weight excluding hydrogens is 554 g/mol. The van der Waals surface area contributed by atoms with Gasteiger partial charge in [0.15, 0.2) is 17.9 Å². The van der Waals surface area contributed by atoms with Crippen molar-refractivity contribution in [1.82, 2.24) is 15.0 Å². The van der Waals surface area contributed by atoms with Crippen LogP contribution in [0.15, 0.2) is 0 Å². The maximum absolute atomic E-state index is 6.34. The van der Waals surface area contributed by atoms with Crippen molar-refractivity contribution in [3.05, 3.63) is 0 Å². The van der Waals surface area contributed by atoms with Crippen LogP contribution in [0, 0.1) is 23.2 Å². The molecule has 4 bridgehead atoms. The summed E-state index contributed by atoms with van der Waals surface area (Å²) in [5, 5.41) is 6.98. The Balaban J connectivity index is 0.983. The zero-order valence-electron chi connectivity index (χ0n) is 25.9. The zero-order chi connectivity index (χ0) is 29.4. The lowest BCUT2D eigenvalue weighted by Crippen LogP contribution is -2.56. The van der Waals surface area contributed by atoms with E-state index in [1.807, 2.05) is 27.7 Å². The second-order valence-corrected chi connectivity index (χ2v) is 15.1. The molecule has 8 aliphatic rings. The molecule has 238 valence electrons. The molecule has 12 nitrogen and oxygen atoms in total. The standard InChI is InChI=1S/C31H47N5O7/c1-29(2)40-22-21(39-25-24(23(22)41-29)42-30(3,4)43-25)15-38-28-35-26(32-14-20-6-5-7-37-20)34-27(36-28)33-16-31-11-17-8-18(12-31)10-19(9-17)13-31/h17-25H,5-16H2,1-4H3,(H2,32,33,34,35,36)/t17?,18?,19?,20?,21-,22+,23+,24-,25-,31?/m1/s1. The summed E-state index contributed by atoms with van der Waals surface area (Å²) in [7, 11) is 0. The Morgan fingerprint density at radius 1 is 0.791 bits per heavy atom. The summed E-state index contributed by atoms with van der Waals surface area (Å²) in [6.07, 6.45) is 8.32. The summed E-state index contributed by atoms with van der Waals surface area (Å²) in [4.78, 5) is 14.1. The van der Waals surface area contributed by atoms with Gasteiger partial charge in [-0.3, -0.25) is 0 Å². The van der Waals surface area contributed by atoms with E-state index in [-0.39, 0.29) is 37.0 Å². The van der Waals surface area contributed by atoms with Crippen molar-refractivity contribution in [2.75, 3.05) is 36.9 Å². The molecule has 4 aliphatic carbocycles. The minimum atomic E-state index is -0.777. The average Bonchev–Trinajstić information content (AvgIpc) is 3.65. The summed E-state index contributed by atoms with van der Waals surface area (Å²) in [5.74, 6) is 2.13. The van der Waals surface area contributed by atoms with Crippen molar-refractivity contribution in [3.63, 3.8) is 0 Å². The van der Waals surface area contributed by atoms with Crippen LogP contribution in [-0.2, 0) is 28.4 Å². The molecule has 4 saturated carbocycles. The van der Waals surface area contributed by atoms with Crippen molar-refractivity contribution in [2.45, 2.75) is 127 Å². The topological polar surface area (TPSA) is 127 Å². The van der Waals surface area contributed by atoms with Crippen molar-refractivity contribution in [2.24, 2.45) is 23.2 Å². The number of nitrogens with zero attached hydrogens (tertiary/aromatic N) is 3. The highest BCUT2D eigenvalue weighted by atomic mass is 16.9. The first-order valence-electron chi connectivity index (χ1n) is 16.4. The van der Waals surface area contributed by atoms with Gasteiger partial charge in [0.2, 0.25) is 11.9 Å². The van der Waals surface area contributed by atoms with Crippen LogP contribution in [0.4, 0.5) is 11.9 Å². The second kappa shape index (κ2) is 10.6. The van der Waals surface area contributed by atoms with E-state index < -0.39 is 24.0 Å². The number of ether oxygens (including phenoxy) is 7. The number of anilines is 2. The maximum atomic E-state index is 6.34. The Hall–Kier alpha value is -1.83. The molecule has 12 heteroatoms. The van der Waals surface area contributed by atoms with Gasteiger partial charge in [0, 0.05) is 19.7 Å². The predicted molar refractivity (Wildman–Crippen MR) is 154 cm³/mol. The van der Waals surface area contributed by atoms with Crippen LogP contribution in [0.3, 0.4) is 0 Å². The van der Waals surface area contributed by atoms with Crippen LogP contribution in [-0.4, -0.2) is 89.6 Å². The molecule has 0 aromatic carbocycles. The monoisotopic (exact) mass is 601 g/mol. The molecule has 4 saturated heterocycles. The molecule has 0 amide bonds. The molecule has 4 aliphatic heterocycles. The molecule has 2 N–H and O–H groups in total. The lowest BCUT2D eigenvalue weighted by Gasteiger charge is -2.56. The maximum Gasteiger partial charge on any atom is 0.323 e. The molecule has 6 atom stereocenters. The molecule has 0 radical (unpaired) electrons. The number of hydrogen-bond acceptors (Lipinski definition) is 12. The van der Waals surface area contributed by atoms with Crippen molar-refractivity contribution in [1.29, 1.82) is 0 Å². The third-order valence-corrected chi connectivity index (χ3v) is 10.5. The highest BCUT2D eigenvalue weighted by molar-refractivity contribution is 5.36. The van der Waals surface area contributed by atoms with Crippen LogP contribution >= 0.6 is 0 Å². The van der Waals surface area contributed by atoms with Gasteiger partial charge in [-0.25, -0.2) is 0 Å². The number of fused-ring (bicyclic) bond motifs is 3. The SMILES string of the molecule is CC1(C)O[C@H]2[C@@H](O1)[C@@H](COc1nc(NCC3CCCO3)nc(NCC34CC5CC(CC(C5)C3)C4)n1)O[C@@H]1OC(C)(C)O[C@@H]12. The quantitative estimate of drug-likeness (QED) is 0.427. The van der Waals surface area contributed by atoms with Gasteiger partial charge < -0.3 is 43.8 Å². The highest BCUT2D eigenvalue weighted by Gasteiger charge is 2.61. The molecule has 0 spiro atoms. The van der Waals surface area contributed by atoms with E-state index in [1.165, 1.54) is 38.5 Å². The van der Waals surface area contributed by atoms with Gasteiger partial charge in [0.05, 0.1) is 6.10 Å². The summed E-state index contributed by atoms with van der Waals surface area (Å²) in [6.45, 7) is 10.1. The second-order valence-electron chi connectivity index (χ2n) is 15.1.